The topological polar surface area (TPSA) is 46.2 Å². The van der Waals surface area contributed by atoms with Gasteiger partial charge in [-0.1, -0.05) is 26.8 Å². The molecule has 0 fully saturated rings. The summed E-state index contributed by atoms with van der Waals surface area (Å²) in [6.07, 6.45) is -11.3. The van der Waals surface area contributed by atoms with E-state index in [1.807, 2.05) is 0 Å². The highest BCUT2D eigenvalue weighted by atomic mass is 19.4. The van der Waals surface area contributed by atoms with Crippen LogP contribution in [0.3, 0.4) is 0 Å². The van der Waals surface area contributed by atoms with Gasteiger partial charge in [0.05, 0.1) is 23.3 Å². The molecule has 8 heteroatoms. The first-order valence-electron chi connectivity index (χ1n) is 6.37. The van der Waals surface area contributed by atoms with Gasteiger partial charge in [0.2, 0.25) is 0 Å². The van der Waals surface area contributed by atoms with Crippen LogP contribution in [0.1, 0.15) is 43.5 Å². The second-order valence-electron chi connectivity index (χ2n) is 6.13. The number of hydrogen-bond donors (Lipinski definition) is 2. The van der Waals surface area contributed by atoms with E-state index in [0.29, 0.717) is 12.1 Å². The molecular weight excluding hydrogens is 312 g/mol. The lowest BCUT2D eigenvalue weighted by Crippen LogP contribution is -2.38. The molecule has 0 aliphatic heterocycles. The first-order valence-corrected chi connectivity index (χ1v) is 6.37. The van der Waals surface area contributed by atoms with Gasteiger partial charge < -0.3 is 10.8 Å². The fourth-order valence-electron chi connectivity index (χ4n) is 1.98. The van der Waals surface area contributed by atoms with Gasteiger partial charge in [0, 0.05) is 0 Å². The fourth-order valence-corrected chi connectivity index (χ4v) is 1.98. The van der Waals surface area contributed by atoms with Crippen LogP contribution in [0.2, 0.25) is 0 Å². The molecule has 0 heterocycles. The van der Waals surface area contributed by atoms with Crippen LogP contribution in [0.15, 0.2) is 18.2 Å². The molecule has 0 bridgehead atoms. The molecule has 0 aliphatic rings. The van der Waals surface area contributed by atoms with Crippen LogP contribution in [-0.4, -0.2) is 11.2 Å². The van der Waals surface area contributed by atoms with E-state index in [4.69, 9.17) is 5.73 Å². The maximum atomic E-state index is 13.0. The summed E-state index contributed by atoms with van der Waals surface area (Å²) >= 11 is 0. The number of aliphatic hydroxyl groups excluding tert-OH is 1. The van der Waals surface area contributed by atoms with Crippen molar-refractivity contribution >= 4 is 0 Å². The van der Waals surface area contributed by atoms with Crippen molar-refractivity contribution in [2.24, 2.45) is 11.1 Å². The largest absolute Gasteiger partial charge is 0.416 e. The normalized spacial score (nSPS) is 16.5. The quantitative estimate of drug-likeness (QED) is 0.802. The monoisotopic (exact) mass is 329 g/mol. The minimum atomic E-state index is -5.01. The molecule has 0 unspecified atom stereocenters. The predicted octanol–water partition coefficient (Wildman–Crippen LogP) is 4.13. The molecule has 0 spiro atoms. The molecule has 1 aromatic carbocycles. The lowest BCUT2D eigenvalue weighted by molar-refractivity contribution is -0.143. The Morgan fingerprint density at radius 1 is 0.955 bits per heavy atom. The van der Waals surface area contributed by atoms with Gasteiger partial charge in [-0.15, -0.1) is 0 Å². The highest BCUT2D eigenvalue weighted by molar-refractivity contribution is 5.38. The van der Waals surface area contributed by atoms with E-state index in [-0.39, 0.29) is 6.07 Å². The van der Waals surface area contributed by atoms with Crippen molar-refractivity contribution in [1.82, 2.24) is 0 Å². The summed E-state index contributed by atoms with van der Waals surface area (Å²) in [6.45, 7) is 4.69. The van der Waals surface area contributed by atoms with E-state index in [2.05, 4.69) is 0 Å². The molecule has 0 radical (unpaired) electrons. The summed E-state index contributed by atoms with van der Waals surface area (Å²) in [5, 5.41) is 10.0. The Balaban J connectivity index is 3.43. The van der Waals surface area contributed by atoms with Crippen LogP contribution in [0, 0.1) is 5.41 Å². The fraction of sp³-hybridized carbons (Fsp3) is 0.571. The van der Waals surface area contributed by atoms with Crippen molar-refractivity contribution in [2.75, 3.05) is 0 Å². The second-order valence-corrected chi connectivity index (χ2v) is 6.13. The minimum absolute atomic E-state index is 0.0184. The summed E-state index contributed by atoms with van der Waals surface area (Å²) < 4.78 is 76.9. The minimum Gasteiger partial charge on any atom is -0.391 e. The van der Waals surface area contributed by atoms with Crippen molar-refractivity contribution in [3.63, 3.8) is 0 Å². The zero-order valence-electron chi connectivity index (χ0n) is 12.2. The lowest BCUT2D eigenvalue weighted by atomic mass is 9.81. The first kappa shape index (κ1) is 18.8. The lowest BCUT2D eigenvalue weighted by Gasteiger charge is -2.32. The van der Waals surface area contributed by atoms with Gasteiger partial charge in [-0.3, -0.25) is 0 Å². The zero-order valence-corrected chi connectivity index (χ0v) is 12.2. The number of hydrogen-bond acceptors (Lipinski definition) is 2. The zero-order chi connectivity index (χ0) is 17.5. The summed E-state index contributed by atoms with van der Waals surface area (Å²) in [7, 11) is 0. The highest BCUT2D eigenvalue weighted by Gasteiger charge is 2.41. The molecule has 1 rings (SSSR count). The van der Waals surface area contributed by atoms with E-state index in [1.54, 1.807) is 20.8 Å². The van der Waals surface area contributed by atoms with E-state index < -0.39 is 46.6 Å². The Morgan fingerprint density at radius 2 is 1.45 bits per heavy atom. The van der Waals surface area contributed by atoms with Crippen LogP contribution in [0.5, 0.6) is 0 Å². The van der Waals surface area contributed by atoms with Crippen molar-refractivity contribution in [3.8, 4) is 0 Å². The average Bonchev–Trinajstić information content (AvgIpc) is 2.33. The molecule has 126 valence electrons. The van der Waals surface area contributed by atoms with Crippen LogP contribution >= 0.6 is 0 Å². The van der Waals surface area contributed by atoms with Gasteiger partial charge in [0.25, 0.3) is 0 Å². The van der Waals surface area contributed by atoms with E-state index >= 15 is 0 Å². The Hall–Kier alpha value is -1.28. The van der Waals surface area contributed by atoms with Gasteiger partial charge in [-0.2, -0.15) is 26.3 Å². The molecule has 2 nitrogen and oxygen atoms in total. The van der Waals surface area contributed by atoms with Crippen LogP contribution in [0.25, 0.3) is 0 Å². The smallest absolute Gasteiger partial charge is 0.391 e. The molecule has 0 saturated heterocycles. The van der Waals surface area contributed by atoms with E-state index in [9.17, 15) is 31.4 Å². The summed E-state index contributed by atoms with van der Waals surface area (Å²) in [5.41, 5.74) is 1.35. The number of aliphatic hydroxyl groups is 1. The Kier molecular flexibility index (Phi) is 4.89. The number of benzene rings is 1. The predicted molar refractivity (Wildman–Crippen MR) is 68.8 cm³/mol. The Bertz CT molecular complexity index is 530. The van der Waals surface area contributed by atoms with Crippen molar-refractivity contribution in [1.29, 1.82) is 0 Å². The van der Waals surface area contributed by atoms with E-state index in [1.165, 1.54) is 0 Å². The summed E-state index contributed by atoms with van der Waals surface area (Å²) in [6, 6.07) is -0.241. The average molecular weight is 329 g/mol. The molecule has 2 atom stereocenters. The van der Waals surface area contributed by atoms with E-state index in [0.717, 1.165) is 0 Å². The van der Waals surface area contributed by atoms with Gasteiger partial charge in [0.1, 0.15) is 0 Å². The molecule has 0 amide bonds. The standard InChI is InChI=1S/C14H17F6NO/c1-12(2,3)11(22)10(21)8-5-4-7(13(15,16)17)6-9(8)14(18,19)20/h4-6,10-11,22H,21H2,1-3H3/t10-,11-/m0/s1. The third-order valence-electron chi connectivity index (χ3n) is 3.27. The molecule has 0 aromatic heterocycles. The molecule has 22 heavy (non-hydrogen) atoms. The maximum absolute atomic E-state index is 13.0. The number of alkyl halides is 6. The Labute approximate surface area is 123 Å². The molecular formula is C14H17F6NO. The number of halogens is 6. The number of nitrogens with two attached hydrogens (primary N) is 1. The molecule has 0 saturated carbocycles. The van der Waals surface area contributed by atoms with Gasteiger partial charge in [-0.25, -0.2) is 0 Å². The third kappa shape index (κ3) is 4.13. The van der Waals surface area contributed by atoms with Crippen molar-refractivity contribution < 1.29 is 31.4 Å². The first-order chi connectivity index (χ1) is 9.65. The number of rotatable bonds is 2. The van der Waals surface area contributed by atoms with Gasteiger partial charge in [0.15, 0.2) is 0 Å². The highest BCUT2D eigenvalue weighted by Crippen LogP contribution is 2.40. The van der Waals surface area contributed by atoms with Crippen molar-refractivity contribution in [3.05, 3.63) is 34.9 Å². The molecule has 0 aliphatic carbocycles. The third-order valence-corrected chi connectivity index (χ3v) is 3.27. The van der Waals surface area contributed by atoms with Crippen molar-refractivity contribution in [2.45, 2.75) is 45.3 Å². The molecule has 3 N–H and O–H groups in total. The van der Waals surface area contributed by atoms with Gasteiger partial charge >= 0.3 is 12.4 Å². The second kappa shape index (κ2) is 5.73. The van der Waals surface area contributed by atoms with Crippen LogP contribution in [0.4, 0.5) is 26.3 Å². The Morgan fingerprint density at radius 3 is 1.82 bits per heavy atom. The summed E-state index contributed by atoms with van der Waals surface area (Å²) in [5.74, 6) is 0. The van der Waals surface area contributed by atoms with Gasteiger partial charge in [-0.05, 0) is 23.1 Å². The SMILES string of the molecule is CC(C)(C)[C@@H](O)[C@@H](N)c1ccc(C(F)(F)F)cc1C(F)(F)F. The molecule has 1 aromatic rings. The maximum Gasteiger partial charge on any atom is 0.416 e. The summed E-state index contributed by atoms with van der Waals surface area (Å²) in [4.78, 5) is 0. The van der Waals surface area contributed by atoms with Crippen LogP contribution in [-0.2, 0) is 12.4 Å². The van der Waals surface area contributed by atoms with Crippen LogP contribution < -0.4 is 5.73 Å².